The lowest BCUT2D eigenvalue weighted by Gasteiger charge is -2.14. The highest BCUT2D eigenvalue weighted by Gasteiger charge is 2.13. The Morgan fingerprint density at radius 3 is 2.75 bits per heavy atom. The minimum Gasteiger partial charge on any atom is -0.437 e. The molecular formula is C15H20N4O. The van der Waals surface area contributed by atoms with Gasteiger partial charge in [-0.25, -0.2) is 9.97 Å². The fraction of sp³-hybridized carbons (Fsp3) is 0.400. The number of nitrogens with zero attached hydrogens (tertiary/aromatic N) is 3. The maximum Gasteiger partial charge on any atom is 0.227 e. The maximum atomic E-state index is 5.93. The van der Waals surface area contributed by atoms with Gasteiger partial charge in [-0.3, -0.25) is 4.98 Å². The lowest BCUT2D eigenvalue weighted by Crippen LogP contribution is -2.06. The van der Waals surface area contributed by atoms with Gasteiger partial charge in [0.15, 0.2) is 5.75 Å². The number of nitrogens with one attached hydrogen (secondary N) is 1. The number of hydrogen-bond donors (Lipinski definition) is 1. The van der Waals surface area contributed by atoms with Crippen LogP contribution in [0, 0.1) is 6.92 Å². The van der Waals surface area contributed by atoms with Crippen LogP contribution in [0.3, 0.4) is 0 Å². The molecule has 0 saturated carbocycles. The molecular weight excluding hydrogens is 252 g/mol. The minimum absolute atomic E-state index is 0.605. The molecule has 2 aromatic heterocycles. The molecule has 0 bridgehead atoms. The second kappa shape index (κ2) is 6.84. The van der Waals surface area contributed by atoms with E-state index in [-0.39, 0.29) is 0 Å². The van der Waals surface area contributed by atoms with Crippen molar-refractivity contribution < 1.29 is 4.74 Å². The van der Waals surface area contributed by atoms with Crippen molar-refractivity contribution in [2.45, 2.75) is 33.6 Å². The Morgan fingerprint density at radius 2 is 2.05 bits per heavy atom. The molecule has 0 aliphatic rings. The van der Waals surface area contributed by atoms with Gasteiger partial charge < -0.3 is 10.1 Å². The fourth-order valence-electron chi connectivity index (χ4n) is 1.96. The summed E-state index contributed by atoms with van der Waals surface area (Å²) < 4.78 is 5.93. The lowest BCUT2D eigenvalue weighted by atomic mass is 10.1. The van der Waals surface area contributed by atoms with Gasteiger partial charge in [-0.2, -0.15) is 0 Å². The third-order valence-electron chi connectivity index (χ3n) is 2.92. The SMILES string of the molecule is CCCc1c(NCC)ncnc1Oc1cccnc1C. The van der Waals surface area contributed by atoms with Gasteiger partial charge >= 0.3 is 0 Å². The van der Waals surface area contributed by atoms with Crippen LogP contribution >= 0.6 is 0 Å². The molecule has 2 rings (SSSR count). The van der Waals surface area contributed by atoms with E-state index in [1.165, 1.54) is 6.33 Å². The van der Waals surface area contributed by atoms with Crippen molar-refractivity contribution in [1.29, 1.82) is 0 Å². The Morgan fingerprint density at radius 1 is 1.20 bits per heavy atom. The molecule has 1 N–H and O–H groups in total. The first-order chi connectivity index (χ1) is 9.76. The summed E-state index contributed by atoms with van der Waals surface area (Å²) in [7, 11) is 0. The van der Waals surface area contributed by atoms with Gasteiger partial charge in [-0.15, -0.1) is 0 Å². The van der Waals surface area contributed by atoms with Crippen molar-refractivity contribution in [2.24, 2.45) is 0 Å². The summed E-state index contributed by atoms with van der Waals surface area (Å²) >= 11 is 0. The predicted molar refractivity (Wildman–Crippen MR) is 79.2 cm³/mol. The molecule has 106 valence electrons. The van der Waals surface area contributed by atoms with E-state index in [2.05, 4.69) is 27.2 Å². The van der Waals surface area contributed by atoms with Gasteiger partial charge in [0, 0.05) is 12.7 Å². The second-order valence-corrected chi connectivity index (χ2v) is 4.48. The Hall–Kier alpha value is -2.17. The van der Waals surface area contributed by atoms with Gasteiger partial charge in [0.1, 0.15) is 12.1 Å². The highest BCUT2D eigenvalue weighted by atomic mass is 16.5. The van der Waals surface area contributed by atoms with Crippen molar-refractivity contribution in [3.05, 3.63) is 35.9 Å². The summed E-state index contributed by atoms with van der Waals surface area (Å²) in [5.74, 6) is 2.18. The highest BCUT2D eigenvalue weighted by molar-refractivity contribution is 5.50. The van der Waals surface area contributed by atoms with Crippen LogP contribution < -0.4 is 10.1 Å². The number of ether oxygens (including phenoxy) is 1. The van der Waals surface area contributed by atoms with Gasteiger partial charge in [0.05, 0.1) is 11.3 Å². The molecule has 0 saturated heterocycles. The summed E-state index contributed by atoms with van der Waals surface area (Å²) in [5.41, 5.74) is 1.86. The maximum absolute atomic E-state index is 5.93. The number of aromatic nitrogens is 3. The summed E-state index contributed by atoms with van der Waals surface area (Å²) in [6.45, 7) is 6.91. The molecule has 0 aliphatic carbocycles. The van der Waals surface area contributed by atoms with Crippen LogP contribution in [0.25, 0.3) is 0 Å². The Labute approximate surface area is 119 Å². The average molecular weight is 272 g/mol. The van der Waals surface area contributed by atoms with Crippen LogP contribution in [-0.2, 0) is 6.42 Å². The van der Waals surface area contributed by atoms with Crippen molar-refractivity contribution >= 4 is 5.82 Å². The van der Waals surface area contributed by atoms with Crippen molar-refractivity contribution in [2.75, 3.05) is 11.9 Å². The number of aryl methyl sites for hydroxylation is 1. The molecule has 0 aromatic carbocycles. The van der Waals surface area contributed by atoms with E-state index < -0.39 is 0 Å². The Kier molecular flexibility index (Phi) is 4.87. The zero-order chi connectivity index (χ0) is 14.4. The van der Waals surface area contributed by atoms with E-state index in [1.807, 2.05) is 26.0 Å². The number of rotatable bonds is 6. The summed E-state index contributed by atoms with van der Waals surface area (Å²) in [4.78, 5) is 12.8. The number of anilines is 1. The lowest BCUT2D eigenvalue weighted by molar-refractivity contribution is 0.448. The topological polar surface area (TPSA) is 59.9 Å². The average Bonchev–Trinajstić information content (AvgIpc) is 2.45. The first kappa shape index (κ1) is 14.2. The molecule has 2 heterocycles. The Bertz CT molecular complexity index is 572. The van der Waals surface area contributed by atoms with Crippen LogP contribution in [0.4, 0.5) is 5.82 Å². The summed E-state index contributed by atoms with van der Waals surface area (Å²) in [6.07, 6.45) is 5.16. The van der Waals surface area contributed by atoms with E-state index in [0.29, 0.717) is 5.88 Å². The third-order valence-corrected chi connectivity index (χ3v) is 2.92. The molecule has 0 atom stereocenters. The van der Waals surface area contributed by atoms with Crippen molar-refractivity contribution in [3.8, 4) is 11.6 Å². The van der Waals surface area contributed by atoms with Crippen LogP contribution in [-0.4, -0.2) is 21.5 Å². The second-order valence-electron chi connectivity index (χ2n) is 4.48. The smallest absolute Gasteiger partial charge is 0.227 e. The van der Waals surface area contributed by atoms with Crippen molar-refractivity contribution in [3.63, 3.8) is 0 Å². The van der Waals surface area contributed by atoms with Crippen LogP contribution in [0.15, 0.2) is 24.7 Å². The van der Waals surface area contributed by atoms with Crippen LogP contribution in [0.1, 0.15) is 31.5 Å². The zero-order valence-electron chi connectivity index (χ0n) is 12.2. The molecule has 20 heavy (non-hydrogen) atoms. The van der Waals surface area contributed by atoms with Gasteiger partial charge in [-0.1, -0.05) is 13.3 Å². The summed E-state index contributed by atoms with van der Waals surface area (Å²) in [5, 5.41) is 3.25. The molecule has 0 aliphatic heterocycles. The van der Waals surface area contributed by atoms with E-state index in [0.717, 1.165) is 42.2 Å². The van der Waals surface area contributed by atoms with E-state index in [9.17, 15) is 0 Å². The Balaban J connectivity index is 2.35. The highest BCUT2D eigenvalue weighted by Crippen LogP contribution is 2.29. The van der Waals surface area contributed by atoms with Crippen molar-refractivity contribution in [1.82, 2.24) is 15.0 Å². The quantitative estimate of drug-likeness (QED) is 0.873. The minimum atomic E-state index is 0.605. The van der Waals surface area contributed by atoms with Crippen LogP contribution in [0.5, 0.6) is 11.6 Å². The molecule has 0 fully saturated rings. The third kappa shape index (κ3) is 3.23. The number of pyridine rings is 1. The van der Waals surface area contributed by atoms with E-state index >= 15 is 0 Å². The standard InChI is InChI=1S/C15H20N4O/c1-4-7-12-14(16-5-2)18-10-19-15(12)20-13-8-6-9-17-11(13)3/h6,8-10H,4-5,7H2,1-3H3,(H,16,18,19). The number of hydrogen-bond acceptors (Lipinski definition) is 5. The molecule has 2 aromatic rings. The molecule has 0 spiro atoms. The molecule has 0 amide bonds. The molecule has 5 heteroatoms. The normalized spacial score (nSPS) is 10.3. The summed E-state index contributed by atoms with van der Waals surface area (Å²) in [6, 6.07) is 3.75. The van der Waals surface area contributed by atoms with Gasteiger partial charge in [-0.05, 0) is 32.4 Å². The molecule has 5 nitrogen and oxygen atoms in total. The monoisotopic (exact) mass is 272 g/mol. The zero-order valence-corrected chi connectivity index (χ0v) is 12.2. The molecule has 0 unspecified atom stereocenters. The van der Waals surface area contributed by atoms with Crippen LogP contribution in [0.2, 0.25) is 0 Å². The molecule has 0 radical (unpaired) electrons. The first-order valence-electron chi connectivity index (χ1n) is 6.93. The first-order valence-corrected chi connectivity index (χ1v) is 6.93. The van der Waals surface area contributed by atoms with Gasteiger partial charge in [0.25, 0.3) is 0 Å². The van der Waals surface area contributed by atoms with Gasteiger partial charge in [0.2, 0.25) is 5.88 Å². The fourth-order valence-corrected chi connectivity index (χ4v) is 1.96. The predicted octanol–water partition coefficient (Wildman–Crippen LogP) is 3.36. The largest absolute Gasteiger partial charge is 0.437 e. The van der Waals surface area contributed by atoms with E-state index in [4.69, 9.17) is 4.74 Å². The van der Waals surface area contributed by atoms with E-state index in [1.54, 1.807) is 6.20 Å².